The number of carboxylic acid groups (broad SMARTS) is 1. The van der Waals surface area contributed by atoms with Crippen LogP contribution in [-0.2, 0) is 4.79 Å². The Bertz CT molecular complexity index is 847. The van der Waals surface area contributed by atoms with E-state index in [-0.39, 0.29) is 29.6 Å². The zero-order chi connectivity index (χ0) is 19.7. The van der Waals surface area contributed by atoms with E-state index in [1.165, 1.54) is 0 Å². The zero-order valence-corrected chi connectivity index (χ0v) is 19.5. The van der Waals surface area contributed by atoms with Crippen molar-refractivity contribution in [1.82, 2.24) is 5.32 Å². The molecule has 0 aliphatic carbocycles. The molecule has 1 heterocycles. The van der Waals surface area contributed by atoms with E-state index in [1.807, 2.05) is 74.4 Å². The van der Waals surface area contributed by atoms with Gasteiger partial charge in [0.05, 0.1) is 11.4 Å². The summed E-state index contributed by atoms with van der Waals surface area (Å²) in [7, 11) is 7.85. The normalized spacial score (nSPS) is 11.6. The summed E-state index contributed by atoms with van der Waals surface area (Å²) in [5.74, 6) is -1.08. The molecule has 3 rings (SSSR count). The van der Waals surface area contributed by atoms with Crippen molar-refractivity contribution in [2.75, 3.05) is 49.4 Å². The van der Waals surface area contributed by atoms with E-state index in [0.29, 0.717) is 0 Å². The summed E-state index contributed by atoms with van der Waals surface area (Å²) in [6.45, 7) is -0.432. The van der Waals surface area contributed by atoms with Gasteiger partial charge in [0.15, 0.2) is 0 Å². The van der Waals surface area contributed by atoms with Crippen molar-refractivity contribution >= 4 is 76.1 Å². The van der Waals surface area contributed by atoms with Gasteiger partial charge >= 0.3 is 12.0 Å². The summed E-state index contributed by atoms with van der Waals surface area (Å²) >= 11 is 1.60. The van der Waals surface area contributed by atoms with Crippen LogP contribution in [-0.4, -0.2) is 81.4 Å². The molecule has 1 aliphatic rings. The average Bonchev–Trinajstić information content (AvgIpc) is 2.62. The van der Waals surface area contributed by atoms with Crippen LogP contribution in [0.15, 0.2) is 46.2 Å². The third-order valence-corrected chi connectivity index (χ3v) is 5.31. The Kier molecular flexibility index (Phi) is 7.28. The van der Waals surface area contributed by atoms with Gasteiger partial charge in [0.2, 0.25) is 0 Å². The molecule has 0 aromatic heterocycles. The predicted molar refractivity (Wildman–Crippen MR) is 115 cm³/mol. The second-order valence-electron chi connectivity index (χ2n) is 6.58. The number of hydrogen-bond donors (Lipinski definition) is 2. The number of nitrogens with one attached hydrogen (secondary N) is 1. The van der Waals surface area contributed by atoms with Gasteiger partial charge in [0.25, 0.3) is 0 Å². The maximum atomic E-state index is 12.8. The van der Waals surface area contributed by atoms with Gasteiger partial charge in [-0.2, -0.15) is 0 Å². The summed E-state index contributed by atoms with van der Waals surface area (Å²) in [6, 6.07) is 11.3. The van der Waals surface area contributed by atoms with E-state index in [4.69, 9.17) is 5.11 Å². The Balaban J connectivity index is 0.00000280. The summed E-state index contributed by atoms with van der Waals surface area (Å²) in [6.07, 6.45) is 0. The van der Waals surface area contributed by atoms with Crippen LogP contribution in [0.5, 0.6) is 0 Å². The minimum absolute atomic E-state index is 0. The average molecular weight is 409 g/mol. The first-order valence-electron chi connectivity index (χ1n) is 8.38. The molecule has 0 saturated heterocycles. The largest absolute Gasteiger partial charge is 0.480 e. The summed E-state index contributed by atoms with van der Waals surface area (Å²) < 4.78 is 0. The van der Waals surface area contributed by atoms with Gasteiger partial charge in [-0.3, -0.25) is 9.69 Å². The van der Waals surface area contributed by atoms with Gasteiger partial charge in [-0.1, -0.05) is 11.8 Å². The monoisotopic (exact) mass is 409 g/mol. The molecule has 2 aromatic carbocycles. The van der Waals surface area contributed by atoms with Crippen LogP contribution in [0.3, 0.4) is 0 Å². The van der Waals surface area contributed by atoms with Crippen molar-refractivity contribution in [3.05, 3.63) is 36.4 Å². The number of carboxylic acids is 1. The molecule has 0 saturated carbocycles. The molecule has 0 unspecified atom stereocenters. The molecule has 0 bridgehead atoms. The number of hydrogen-bond acceptors (Lipinski definition) is 5. The third kappa shape index (κ3) is 4.57. The number of anilines is 4. The van der Waals surface area contributed by atoms with Crippen LogP contribution in [0.25, 0.3) is 0 Å². The molecule has 28 heavy (non-hydrogen) atoms. The van der Waals surface area contributed by atoms with Crippen molar-refractivity contribution in [1.29, 1.82) is 0 Å². The molecule has 9 heteroatoms. The number of aliphatic carboxylic acids is 1. The minimum Gasteiger partial charge on any atom is -0.480 e. The van der Waals surface area contributed by atoms with Crippen LogP contribution < -0.4 is 20.0 Å². The molecule has 2 aromatic rings. The Morgan fingerprint density at radius 2 is 1.43 bits per heavy atom. The van der Waals surface area contributed by atoms with Crippen LogP contribution in [0.4, 0.5) is 27.5 Å². The first-order valence-corrected chi connectivity index (χ1v) is 9.20. The number of benzene rings is 2. The van der Waals surface area contributed by atoms with Crippen molar-refractivity contribution in [2.45, 2.75) is 9.79 Å². The van der Waals surface area contributed by atoms with Crippen LogP contribution in [0.2, 0.25) is 0 Å². The van der Waals surface area contributed by atoms with Crippen molar-refractivity contribution < 1.29 is 14.7 Å². The molecule has 1 aliphatic heterocycles. The number of urea groups is 1. The van der Waals surface area contributed by atoms with E-state index in [1.54, 1.807) is 16.7 Å². The molecule has 1 radical (unpaired) electrons. The molecule has 2 amide bonds. The minimum atomic E-state index is -1.08. The molecule has 143 valence electrons. The number of fused-ring (bicyclic) bond motifs is 2. The first kappa shape index (κ1) is 22.4. The second kappa shape index (κ2) is 9.09. The summed E-state index contributed by atoms with van der Waals surface area (Å²) in [4.78, 5) is 31.1. The molecule has 2 N–H and O–H groups in total. The summed E-state index contributed by atoms with van der Waals surface area (Å²) in [5.41, 5.74) is 3.52. The number of carbonyl (C=O) groups is 2. The SMILES string of the molecule is CN(C)c1ccc2c(c1)Sc1cc(N(C)C)ccc1N2C(=O)NCC(=O)O.[Na]. The van der Waals surface area contributed by atoms with E-state index < -0.39 is 18.5 Å². The third-order valence-electron chi connectivity index (χ3n) is 4.22. The van der Waals surface area contributed by atoms with Gasteiger partial charge in [-0.25, -0.2) is 4.79 Å². The Labute approximate surface area is 191 Å². The maximum absolute atomic E-state index is 12.8. The van der Waals surface area contributed by atoms with E-state index in [0.717, 1.165) is 32.5 Å². The van der Waals surface area contributed by atoms with E-state index >= 15 is 0 Å². The predicted octanol–water partition coefficient (Wildman–Crippen LogP) is 2.83. The fourth-order valence-electron chi connectivity index (χ4n) is 2.79. The molecular weight excluding hydrogens is 387 g/mol. The number of nitrogens with zero attached hydrogens (tertiary/aromatic N) is 3. The van der Waals surface area contributed by atoms with Crippen molar-refractivity contribution in [3.63, 3.8) is 0 Å². The maximum Gasteiger partial charge on any atom is 0.327 e. The number of amides is 2. The molecule has 0 atom stereocenters. The first-order chi connectivity index (χ1) is 12.8. The fraction of sp³-hybridized carbons (Fsp3) is 0.263. The Hall–Kier alpha value is -1.87. The number of rotatable bonds is 4. The smallest absolute Gasteiger partial charge is 0.327 e. The van der Waals surface area contributed by atoms with Gasteiger partial charge in [0.1, 0.15) is 6.54 Å². The Morgan fingerprint density at radius 3 is 1.82 bits per heavy atom. The van der Waals surface area contributed by atoms with Crippen molar-refractivity contribution in [2.24, 2.45) is 0 Å². The topological polar surface area (TPSA) is 76.1 Å². The Morgan fingerprint density at radius 1 is 0.964 bits per heavy atom. The zero-order valence-electron chi connectivity index (χ0n) is 16.7. The van der Waals surface area contributed by atoms with Crippen LogP contribution in [0, 0.1) is 0 Å². The second-order valence-corrected chi connectivity index (χ2v) is 7.67. The van der Waals surface area contributed by atoms with Crippen LogP contribution >= 0.6 is 11.8 Å². The van der Waals surface area contributed by atoms with E-state index in [2.05, 4.69) is 5.32 Å². The quantitative estimate of drug-likeness (QED) is 0.757. The molecule has 0 fully saturated rings. The van der Waals surface area contributed by atoms with Gasteiger partial charge in [-0.15, -0.1) is 0 Å². The standard InChI is InChI=1S/C19H22N4O3S.Na/c1-21(2)12-5-7-14-16(9-12)27-17-10-13(22(3)4)6-8-15(17)23(14)19(26)20-11-18(24)25;/h5-10H,11H2,1-4H3,(H,20,26)(H,24,25);. The van der Waals surface area contributed by atoms with Gasteiger partial charge < -0.3 is 20.2 Å². The molecule has 0 spiro atoms. The van der Waals surface area contributed by atoms with Crippen molar-refractivity contribution in [3.8, 4) is 0 Å². The van der Waals surface area contributed by atoms with Gasteiger partial charge in [0, 0.05) is 78.9 Å². The van der Waals surface area contributed by atoms with Gasteiger partial charge in [-0.05, 0) is 36.4 Å². The van der Waals surface area contributed by atoms with Crippen LogP contribution in [0.1, 0.15) is 0 Å². The summed E-state index contributed by atoms with van der Waals surface area (Å²) in [5, 5.41) is 11.4. The molecule has 7 nitrogen and oxygen atoms in total. The number of carbonyl (C=O) groups excluding carboxylic acids is 1. The molecular formula is C19H22N4NaO3S. The van der Waals surface area contributed by atoms with E-state index in [9.17, 15) is 9.59 Å². The fourth-order valence-corrected chi connectivity index (χ4v) is 3.92.